The van der Waals surface area contributed by atoms with E-state index >= 15 is 0 Å². The summed E-state index contributed by atoms with van der Waals surface area (Å²) in [5.41, 5.74) is 3.72. The first kappa shape index (κ1) is 15.3. The molecule has 9 atom stereocenters. The maximum Gasteiger partial charge on any atom is 0.301 e. The predicted molar refractivity (Wildman–Crippen MR) is 101 cm³/mol. The van der Waals surface area contributed by atoms with E-state index in [2.05, 4.69) is 33.1 Å². The van der Waals surface area contributed by atoms with Crippen molar-refractivity contribution >= 4 is 45.4 Å². The van der Waals surface area contributed by atoms with Crippen molar-refractivity contribution in [3.8, 4) is 0 Å². The Morgan fingerprint density at radius 1 is 1.04 bits per heavy atom. The van der Waals surface area contributed by atoms with Crippen LogP contribution in [-0.4, -0.2) is 19.5 Å². The van der Waals surface area contributed by atoms with E-state index in [0.717, 1.165) is 45.5 Å². The van der Waals surface area contributed by atoms with Gasteiger partial charge in [0.1, 0.15) is 5.69 Å². The van der Waals surface area contributed by atoms with Gasteiger partial charge < -0.3 is 0 Å². The first-order valence-electron chi connectivity index (χ1n) is 8.89. The average molecular weight is 466 g/mol. The Morgan fingerprint density at radius 3 is 2.50 bits per heavy atom. The van der Waals surface area contributed by atoms with Gasteiger partial charge in [-0.25, -0.2) is 0 Å². The number of nitro groups is 2. The molecule has 8 nitrogen and oxygen atoms in total. The van der Waals surface area contributed by atoms with E-state index in [9.17, 15) is 20.2 Å². The van der Waals surface area contributed by atoms with E-state index in [0.29, 0.717) is 11.8 Å². The summed E-state index contributed by atoms with van der Waals surface area (Å²) in [7, 11) is 0. The maximum atomic E-state index is 11.3. The molecule has 0 aliphatic heterocycles. The number of non-ortho nitro benzene ring substituents is 1. The van der Waals surface area contributed by atoms with E-state index in [1.807, 2.05) is 0 Å². The molecule has 6 bridgehead atoms. The Bertz CT molecular complexity index is 918. The summed E-state index contributed by atoms with van der Waals surface area (Å²) in [5, 5.41) is 26.8. The zero-order valence-electron chi connectivity index (χ0n) is 13.5. The Balaban J connectivity index is 1.35. The average Bonchev–Trinajstić information content (AvgIpc) is 3.35. The fourth-order valence-electron chi connectivity index (χ4n) is 7.38. The van der Waals surface area contributed by atoms with E-state index in [-0.39, 0.29) is 17.1 Å². The number of rotatable bonds is 4. The summed E-state index contributed by atoms with van der Waals surface area (Å²) >= 11 is 2.65. The number of hydrogen-bond acceptors (Lipinski definition) is 6. The van der Waals surface area contributed by atoms with Crippen LogP contribution in [0.2, 0.25) is 0 Å². The van der Waals surface area contributed by atoms with Crippen LogP contribution in [0.5, 0.6) is 0 Å². The van der Waals surface area contributed by atoms with E-state index in [4.69, 9.17) is 0 Å². The summed E-state index contributed by atoms with van der Waals surface area (Å²) in [5.74, 6) is 5.89. The molecule has 0 aromatic heterocycles. The van der Waals surface area contributed by atoms with Gasteiger partial charge in [0.25, 0.3) is 5.69 Å². The van der Waals surface area contributed by atoms with Crippen molar-refractivity contribution in [3.05, 3.63) is 38.4 Å². The molecule has 6 aliphatic rings. The molecule has 0 amide bonds. The molecule has 134 valence electrons. The summed E-state index contributed by atoms with van der Waals surface area (Å²) in [4.78, 5) is 20.9. The maximum absolute atomic E-state index is 11.3. The lowest BCUT2D eigenvalue weighted by molar-refractivity contribution is -0.393. The van der Waals surface area contributed by atoms with Crippen LogP contribution < -0.4 is 5.43 Å². The Labute approximate surface area is 161 Å². The minimum absolute atomic E-state index is 0.220. The van der Waals surface area contributed by atoms with Crippen LogP contribution in [0.4, 0.5) is 17.1 Å². The van der Waals surface area contributed by atoms with Crippen molar-refractivity contribution in [2.24, 2.45) is 52.4 Å². The topological polar surface area (TPSA) is 111 Å². The second kappa shape index (κ2) is 4.73. The molecular formula is C17H15IN4O4. The van der Waals surface area contributed by atoms with Gasteiger partial charge in [-0.2, -0.15) is 5.10 Å². The first-order valence-corrected chi connectivity index (χ1v) is 10.1. The second-order valence-electron chi connectivity index (χ2n) is 8.23. The second-order valence-corrected chi connectivity index (χ2v) is 9.67. The van der Waals surface area contributed by atoms with Gasteiger partial charge in [0.15, 0.2) is 0 Å². The molecule has 7 rings (SSSR count). The number of nitrogens with zero attached hydrogens (tertiary/aromatic N) is 3. The van der Waals surface area contributed by atoms with Gasteiger partial charge in [0, 0.05) is 27.5 Å². The van der Waals surface area contributed by atoms with Crippen LogP contribution in [0.25, 0.3) is 0 Å². The van der Waals surface area contributed by atoms with Crippen LogP contribution in [0.1, 0.15) is 6.42 Å². The fourth-order valence-corrected chi connectivity index (χ4v) is 9.32. The molecule has 0 radical (unpaired) electrons. The minimum atomic E-state index is -0.626. The monoisotopic (exact) mass is 466 g/mol. The van der Waals surface area contributed by atoms with Gasteiger partial charge >= 0.3 is 5.69 Å². The largest absolute Gasteiger partial charge is 0.301 e. The SMILES string of the molecule is O=[N+]([O-])c1ccc(N/N=C2/C3C4C(I)C5C6CC(C2C64)C35)c([N+](=O)[O-])c1. The third-order valence-corrected chi connectivity index (χ3v) is 9.40. The Hall–Kier alpha value is -1.78. The number of halogens is 1. The molecule has 9 unspecified atom stereocenters. The number of anilines is 1. The van der Waals surface area contributed by atoms with E-state index in [1.54, 1.807) is 0 Å². The molecule has 1 aromatic rings. The number of hydrogen-bond donors (Lipinski definition) is 1. The van der Waals surface area contributed by atoms with Gasteiger partial charge in [-0.1, -0.05) is 22.6 Å². The molecule has 6 fully saturated rings. The highest BCUT2D eigenvalue weighted by atomic mass is 127. The summed E-state index contributed by atoms with van der Waals surface area (Å²) in [6, 6.07) is 3.65. The van der Waals surface area contributed by atoms with Gasteiger partial charge in [-0.05, 0) is 48.0 Å². The first-order chi connectivity index (χ1) is 12.5. The van der Waals surface area contributed by atoms with E-state index < -0.39 is 9.85 Å². The summed E-state index contributed by atoms with van der Waals surface area (Å²) < 4.78 is 0.758. The highest BCUT2D eigenvalue weighted by Gasteiger charge is 2.82. The van der Waals surface area contributed by atoms with Crippen molar-refractivity contribution in [2.75, 3.05) is 5.43 Å². The van der Waals surface area contributed by atoms with Crippen molar-refractivity contribution in [3.63, 3.8) is 0 Å². The minimum Gasteiger partial charge on any atom is -0.272 e. The molecule has 6 saturated carbocycles. The lowest BCUT2D eigenvalue weighted by Crippen LogP contribution is -2.30. The number of nitrogens with one attached hydrogen (secondary N) is 1. The zero-order valence-corrected chi connectivity index (χ0v) is 15.6. The fraction of sp³-hybridized carbons (Fsp3) is 0.588. The highest BCUT2D eigenvalue weighted by Crippen LogP contribution is 2.82. The van der Waals surface area contributed by atoms with Gasteiger partial charge in [-0.3, -0.25) is 25.7 Å². The number of nitro benzene ring substituents is 2. The molecule has 6 aliphatic carbocycles. The summed E-state index contributed by atoms with van der Waals surface area (Å²) in [6.07, 6.45) is 1.34. The molecule has 0 saturated heterocycles. The Morgan fingerprint density at radius 2 is 1.81 bits per heavy atom. The van der Waals surface area contributed by atoms with Crippen LogP contribution in [-0.2, 0) is 0 Å². The lowest BCUT2D eigenvalue weighted by Gasteiger charge is -2.32. The number of benzene rings is 1. The van der Waals surface area contributed by atoms with Crippen LogP contribution >= 0.6 is 22.6 Å². The van der Waals surface area contributed by atoms with Crippen molar-refractivity contribution in [2.45, 2.75) is 10.3 Å². The zero-order chi connectivity index (χ0) is 17.9. The van der Waals surface area contributed by atoms with Crippen molar-refractivity contribution < 1.29 is 9.85 Å². The lowest BCUT2D eigenvalue weighted by atomic mass is 9.71. The molecule has 0 heterocycles. The smallest absolute Gasteiger partial charge is 0.272 e. The Kier molecular flexibility index (Phi) is 2.78. The standard InChI is InChI=1S/C17H15IN4O4/c18-16-12-6-4-7-10(12)15-14(16)11(6)13(7)17(15)20-19-8-2-1-5(21(23)24)3-9(8)22(25)26/h1-3,6-7,10-16,19H,4H2/b20-17+. The third-order valence-electron chi connectivity index (χ3n) is 7.73. The number of alkyl halides is 1. The molecule has 1 N–H and O–H groups in total. The van der Waals surface area contributed by atoms with Crippen molar-refractivity contribution in [1.82, 2.24) is 0 Å². The van der Waals surface area contributed by atoms with E-state index in [1.165, 1.54) is 24.3 Å². The molecule has 26 heavy (non-hydrogen) atoms. The molecular weight excluding hydrogens is 451 g/mol. The van der Waals surface area contributed by atoms with Crippen LogP contribution in [0.15, 0.2) is 23.3 Å². The van der Waals surface area contributed by atoms with Crippen LogP contribution in [0, 0.1) is 67.6 Å². The predicted octanol–water partition coefficient (Wildman–Crippen LogP) is 3.46. The highest BCUT2D eigenvalue weighted by molar-refractivity contribution is 14.1. The normalized spacial score (nSPS) is 46.8. The quantitative estimate of drug-likeness (QED) is 0.316. The van der Waals surface area contributed by atoms with Gasteiger partial charge in [0.2, 0.25) is 0 Å². The molecule has 0 spiro atoms. The molecule has 9 heteroatoms. The van der Waals surface area contributed by atoms with Gasteiger partial charge in [-0.15, -0.1) is 0 Å². The third kappa shape index (κ3) is 1.55. The summed E-state index contributed by atoms with van der Waals surface area (Å²) in [6.45, 7) is 0. The van der Waals surface area contributed by atoms with Gasteiger partial charge in [0.05, 0.1) is 15.9 Å². The number of hydrazone groups is 1. The van der Waals surface area contributed by atoms with Crippen LogP contribution in [0.3, 0.4) is 0 Å². The molecule has 1 aromatic carbocycles. The van der Waals surface area contributed by atoms with Crippen molar-refractivity contribution in [1.29, 1.82) is 0 Å².